The Labute approximate surface area is 209 Å². The number of rotatable bonds is 8. The van der Waals surface area contributed by atoms with Crippen LogP contribution in [0.3, 0.4) is 0 Å². The van der Waals surface area contributed by atoms with E-state index in [-0.39, 0.29) is 12.1 Å². The summed E-state index contributed by atoms with van der Waals surface area (Å²) in [6.45, 7) is 2.13. The van der Waals surface area contributed by atoms with Crippen LogP contribution >= 0.6 is 0 Å². The number of hydrogen-bond acceptors (Lipinski definition) is 8. The number of sulfonamides is 1. The molecule has 10 nitrogen and oxygen atoms in total. The molecule has 0 bridgehead atoms. The first-order valence-electron chi connectivity index (χ1n) is 11.2. The number of ether oxygens (including phenoxy) is 1. The van der Waals surface area contributed by atoms with Crippen LogP contribution in [0.25, 0.3) is 11.3 Å². The van der Waals surface area contributed by atoms with Crippen molar-refractivity contribution in [3.8, 4) is 17.3 Å². The molecule has 1 aliphatic heterocycles. The van der Waals surface area contributed by atoms with Gasteiger partial charge in [-0.05, 0) is 35.9 Å². The van der Waals surface area contributed by atoms with Crippen LogP contribution < -0.4 is 9.21 Å². The van der Waals surface area contributed by atoms with Crippen LogP contribution in [-0.4, -0.2) is 68.6 Å². The maximum Gasteiger partial charge on any atom is 0.337 e. The van der Waals surface area contributed by atoms with Crippen molar-refractivity contribution in [2.24, 2.45) is 0 Å². The first-order valence-corrected chi connectivity index (χ1v) is 13.1. The first-order chi connectivity index (χ1) is 17.3. The predicted octanol–water partition coefficient (Wildman–Crippen LogP) is 2.56. The van der Waals surface area contributed by atoms with E-state index in [9.17, 15) is 18.3 Å². The van der Waals surface area contributed by atoms with Crippen molar-refractivity contribution in [2.75, 3.05) is 48.3 Å². The summed E-state index contributed by atoms with van der Waals surface area (Å²) >= 11 is 0. The lowest BCUT2D eigenvalue weighted by molar-refractivity contribution is 0.0696. The Morgan fingerprint density at radius 2 is 1.89 bits per heavy atom. The van der Waals surface area contributed by atoms with Crippen LogP contribution in [0.1, 0.15) is 21.7 Å². The van der Waals surface area contributed by atoms with Gasteiger partial charge in [-0.15, -0.1) is 0 Å². The number of aromatic carboxylic acids is 1. The zero-order valence-electron chi connectivity index (χ0n) is 19.7. The van der Waals surface area contributed by atoms with Gasteiger partial charge in [0.05, 0.1) is 48.2 Å². The molecule has 0 unspecified atom stereocenters. The molecule has 186 valence electrons. The highest BCUT2D eigenvalue weighted by atomic mass is 32.2. The largest absolute Gasteiger partial charge is 0.478 e. The van der Waals surface area contributed by atoms with Gasteiger partial charge in [0.25, 0.3) is 0 Å². The van der Waals surface area contributed by atoms with Crippen LogP contribution in [0.4, 0.5) is 11.4 Å². The Kier molecular flexibility index (Phi) is 7.47. The van der Waals surface area contributed by atoms with Crippen molar-refractivity contribution < 1.29 is 23.1 Å². The average molecular weight is 508 g/mol. The van der Waals surface area contributed by atoms with E-state index in [1.807, 2.05) is 23.1 Å². The van der Waals surface area contributed by atoms with Crippen molar-refractivity contribution in [2.45, 2.75) is 6.42 Å². The van der Waals surface area contributed by atoms with E-state index in [0.29, 0.717) is 55.6 Å². The van der Waals surface area contributed by atoms with Gasteiger partial charge in [-0.1, -0.05) is 18.2 Å². The third-order valence-electron chi connectivity index (χ3n) is 5.78. The maximum atomic E-state index is 12.0. The van der Waals surface area contributed by atoms with Gasteiger partial charge in [0.2, 0.25) is 10.0 Å². The van der Waals surface area contributed by atoms with E-state index in [1.54, 1.807) is 42.6 Å². The van der Waals surface area contributed by atoms with Gasteiger partial charge in [-0.2, -0.15) is 5.26 Å². The number of carbonyl (C=O) groups is 1. The van der Waals surface area contributed by atoms with Crippen molar-refractivity contribution in [1.29, 1.82) is 5.26 Å². The fourth-order valence-corrected chi connectivity index (χ4v) is 4.83. The second kappa shape index (κ2) is 10.7. The standard InChI is InChI=1S/C25H25N5O5S/c1-36(33,34)30(11-9-26)20-5-3-19(4-6-20)22-8-10-27-24(28-22)17-18-2-7-23(21(16-18)25(31)32)29-12-14-35-15-13-29/h2-8,10,16H,11-15,17H2,1H3,(H,31,32). The third-order valence-corrected chi connectivity index (χ3v) is 6.92. The van der Waals surface area contributed by atoms with Gasteiger partial charge < -0.3 is 14.7 Å². The summed E-state index contributed by atoms with van der Waals surface area (Å²) < 4.78 is 30.4. The molecule has 11 heteroatoms. The molecule has 4 rings (SSSR count). The minimum absolute atomic E-state index is 0.231. The second-order valence-corrected chi connectivity index (χ2v) is 10.2. The van der Waals surface area contributed by atoms with Gasteiger partial charge in [-0.3, -0.25) is 4.31 Å². The van der Waals surface area contributed by atoms with Crippen molar-refractivity contribution >= 4 is 27.4 Å². The molecule has 1 fully saturated rings. The van der Waals surface area contributed by atoms with E-state index in [0.717, 1.165) is 21.7 Å². The Bertz CT molecular complexity index is 1400. The fourth-order valence-electron chi connectivity index (χ4n) is 4.03. The van der Waals surface area contributed by atoms with Gasteiger partial charge in [0.1, 0.15) is 12.4 Å². The van der Waals surface area contributed by atoms with Gasteiger partial charge >= 0.3 is 5.97 Å². The van der Waals surface area contributed by atoms with E-state index in [2.05, 4.69) is 9.97 Å². The van der Waals surface area contributed by atoms with Crippen LogP contribution in [0, 0.1) is 11.3 Å². The number of carboxylic acids is 1. The van der Waals surface area contributed by atoms with Crippen molar-refractivity contribution in [3.05, 3.63) is 71.7 Å². The highest BCUT2D eigenvalue weighted by Crippen LogP contribution is 2.26. The molecule has 1 aliphatic rings. The minimum Gasteiger partial charge on any atom is -0.478 e. The molecule has 0 aliphatic carbocycles. The quantitative estimate of drug-likeness (QED) is 0.456. The predicted molar refractivity (Wildman–Crippen MR) is 135 cm³/mol. The summed E-state index contributed by atoms with van der Waals surface area (Å²) in [5.41, 5.74) is 3.46. The first kappa shape index (κ1) is 25.1. The van der Waals surface area contributed by atoms with Crippen molar-refractivity contribution in [3.63, 3.8) is 0 Å². The number of aromatic nitrogens is 2. The summed E-state index contributed by atoms with van der Waals surface area (Å²) in [6.07, 6.45) is 3.03. The minimum atomic E-state index is -3.58. The number of anilines is 2. The summed E-state index contributed by atoms with van der Waals surface area (Å²) in [5, 5.41) is 18.7. The monoisotopic (exact) mass is 507 g/mol. The van der Waals surface area contributed by atoms with E-state index in [4.69, 9.17) is 10.00 Å². The van der Waals surface area contributed by atoms with Gasteiger partial charge in [0, 0.05) is 31.3 Å². The number of nitriles is 1. The molecule has 0 saturated carbocycles. The van der Waals surface area contributed by atoms with Crippen LogP contribution in [0.15, 0.2) is 54.7 Å². The number of benzene rings is 2. The lowest BCUT2D eigenvalue weighted by atomic mass is 10.0. The maximum absolute atomic E-state index is 12.0. The molecule has 2 aromatic carbocycles. The summed E-state index contributed by atoms with van der Waals surface area (Å²) in [6, 6.07) is 15.7. The zero-order valence-corrected chi connectivity index (χ0v) is 20.5. The number of hydrogen-bond donors (Lipinski definition) is 1. The number of nitrogens with zero attached hydrogens (tertiary/aromatic N) is 5. The Morgan fingerprint density at radius 3 is 2.53 bits per heavy atom. The van der Waals surface area contributed by atoms with Gasteiger partial charge in [0.15, 0.2) is 0 Å². The van der Waals surface area contributed by atoms with E-state index in [1.165, 1.54) is 0 Å². The van der Waals surface area contributed by atoms with Crippen LogP contribution in [-0.2, 0) is 21.2 Å². The molecule has 3 aromatic rings. The summed E-state index contributed by atoms with van der Waals surface area (Å²) in [4.78, 5) is 22.9. The molecule has 2 heterocycles. The highest BCUT2D eigenvalue weighted by molar-refractivity contribution is 7.92. The number of carboxylic acid groups (broad SMARTS) is 1. The zero-order chi connectivity index (χ0) is 25.7. The van der Waals surface area contributed by atoms with Crippen molar-refractivity contribution in [1.82, 2.24) is 9.97 Å². The van der Waals surface area contributed by atoms with E-state index >= 15 is 0 Å². The molecule has 0 radical (unpaired) electrons. The molecule has 1 N–H and O–H groups in total. The molecular weight excluding hydrogens is 482 g/mol. The van der Waals surface area contributed by atoms with Gasteiger partial charge in [-0.25, -0.2) is 23.2 Å². The topological polar surface area (TPSA) is 137 Å². The lowest BCUT2D eigenvalue weighted by Crippen LogP contribution is -2.37. The van der Waals surface area contributed by atoms with Crippen LogP contribution in [0.2, 0.25) is 0 Å². The molecular formula is C25H25N5O5S. The number of morpholine rings is 1. The average Bonchev–Trinajstić information content (AvgIpc) is 2.87. The second-order valence-electron chi connectivity index (χ2n) is 8.27. The summed E-state index contributed by atoms with van der Waals surface area (Å²) in [7, 11) is -3.58. The Balaban J connectivity index is 1.56. The molecule has 0 spiro atoms. The molecule has 0 atom stereocenters. The lowest BCUT2D eigenvalue weighted by Gasteiger charge is -2.30. The third kappa shape index (κ3) is 5.79. The summed E-state index contributed by atoms with van der Waals surface area (Å²) in [5.74, 6) is -0.470. The smallest absolute Gasteiger partial charge is 0.337 e. The van der Waals surface area contributed by atoms with E-state index < -0.39 is 16.0 Å². The molecule has 36 heavy (non-hydrogen) atoms. The normalized spacial score (nSPS) is 13.7. The molecule has 1 aromatic heterocycles. The SMILES string of the molecule is CS(=O)(=O)N(CC#N)c1ccc(-c2ccnc(Cc3ccc(N4CCOCC4)c(C(=O)O)c3)n2)cc1. The van der Waals surface area contributed by atoms with Crippen LogP contribution in [0.5, 0.6) is 0 Å². The highest BCUT2D eigenvalue weighted by Gasteiger charge is 2.20. The molecule has 1 saturated heterocycles. The Hall–Kier alpha value is -4.01. The molecule has 0 amide bonds. The Morgan fingerprint density at radius 1 is 1.17 bits per heavy atom. The fraction of sp³-hybridized carbons (Fsp3) is 0.280.